The van der Waals surface area contributed by atoms with Gasteiger partial charge in [-0.05, 0) is 5.56 Å². The second-order valence-corrected chi connectivity index (χ2v) is 4.16. The minimum absolute atomic E-state index is 0.0457. The highest BCUT2D eigenvalue weighted by Crippen LogP contribution is 2.18. The highest BCUT2D eigenvalue weighted by atomic mass is 16.5. The number of amides is 1. The van der Waals surface area contributed by atoms with Crippen LogP contribution in [0.1, 0.15) is 12.0 Å². The van der Waals surface area contributed by atoms with Crippen LogP contribution in [0.3, 0.4) is 0 Å². The van der Waals surface area contributed by atoms with Crippen LogP contribution in [0.15, 0.2) is 30.3 Å². The molecule has 4 heteroatoms. The Morgan fingerprint density at radius 1 is 1.29 bits per heavy atom. The molecule has 0 N–H and O–H groups in total. The van der Waals surface area contributed by atoms with Gasteiger partial charge in [-0.25, -0.2) is 0 Å². The van der Waals surface area contributed by atoms with Crippen molar-refractivity contribution in [3.8, 4) is 0 Å². The summed E-state index contributed by atoms with van der Waals surface area (Å²) >= 11 is 0. The van der Waals surface area contributed by atoms with E-state index in [0.717, 1.165) is 11.8 Å². The number of rotatable bonds is 5. The van der Waals surface area contributed by atoms with E-state index in [9.17, 15) is 9.59 Å². The van der Waals surface area contributed by atoms with Crippen molar-refractivity contribution in [3.05, 3.63) is 35.9 Å². The fourth-order valence-corrected chi connectivity index (χ4v) is 2.01. The molecular formula is C13H15NO3. The highest BCUT2D eigenvalue weighted by Gasteiger charge is 2.31. The summed E-state index contributed by atoms with van der Waals surface area (Å²) in [4.78, 5) is 22.9. The molecule has 0 unspecified atom stereocenters. The molecule has 2 rings (SSSR count). The van der Waals surface area contributed by atoms with Crippen molar-refractivity contribution >= 4 is 12.7 Å². The molecule has 1 amide bonds. The quantitative estimate of drug-likeness (QED) is 0.713. The molecular weight excluding hydrogens is 218 g/mol. The first-order valence-electron chi connectivity index (χ1n) is 5.65. The summed E-state index contributed by atoms with van der Waals surface area (Å²) in [6.45, 7) is 1.02. The van der Waals surface area contributed by atoms with Crippen LogP contribution < -0.4 is 0 Å². The molecule has 0 aromatic heterocycles. The van der Waals surface area contributed by atoms with Gasteiger partial charge in [0.25, 0.3) is 0 Å². The SMILES string of the molecule is O=C[C@@H]1C[C@@H](OCc2ccccc2)CN1C=O. The Morgan fingerprint density at radius 2 is 2.06 bits per heavy atom. The molecule has 0 bridgehead atoms. The average Bonchev–Trinajstić information content (AvgIpc) is 2.80. The lowest BCUT2D eigenvalue weighted by molar-refractivity contribution is -0.123. The number of aldehydes is 1. The summed E-state index contributed by atoms with van der Waals surface area (Å²) in [5, 5.41) is 0. The molecule has 1 fully saturated rings. The number of carbonyl (C=O) groups excluding carboxylic acids is 2. The lowest BCUT2D eigenvalue weighted by atomic mass is 10.2. The number of likely N-dealkylation sites (tertiary alicyclic amines) is 1. The number of hydrogen-bond acceptors (Lipinski definition) is 3. The number of benzene rings is 1. The van der Waals surface area contributed by atoms with E-state index in [4.69, 9.17) is 4.74 Å². The first kappa shape index (κ1) is 11.8. The Morgan fingerprint density at radius 3 is 2.65 bits per heavy atom. The van der Waals surface area contributed by atoms with Gasteiger partial charge in [0.1, 0.15) is 6.29 Å². The zero-order valence-corrected chi connectivity index (χ0v) is 9.49. The molecule has 0 spiro atoms. The van der Waals surface area contributed by atoms with Gasteiger partial charge in [0.2, 0.25) is 6.41 Å². The molecule has 1 saturated heterocycles. The van der Waals surface area contributed by atoms with Crippen molar-refractivity contribution in [1.82, 2.24) is 4.90 Å². The van der Waals surface area contributed by atoms with E-state index in [-0.39, 0.29) is 12.1 Å². The minimum atomic E-state index is -0.326. The molecule has 1 heterocycles. The first-order chi connectivity index (χ1) is 8.33. The zero-order valence-electron chi connectivity index (χ0n) is 9.49. The summed E-state index contributed by atoms with van der Waals surface area (Å²) in [6.07, 6.45) is 2.07. The molecule has 90 valence electrons. The third-order valence-electron chi connectivity index (χ3n) is 2.97. The van der Waals surface area contributed by atoms with Gasteiger partial charge in [-0.3, -0.25) is 4.79 Å². The van der Waals surface area contributed by atoms with Crippen LogP contribution in [0.4, 0.5) is 0 Å². The summed E-state index contributed by atoms with van der Waals surface area (Å²) in [7, 11) is 0. The van der Waals surface area contributed by atoms with Crippen molar-refractivity contribution in [1.29, 1.82) is 0 Å². The smallest absolute Gasteiger partial charge is 0.210 e. The van der Waals surface area contributed by atoms with Crippen molar-refractivity contribution in [2.45, 2.75) is 25.2 Å². The Balaban J connectivity index is 1.85. The lowest BCUT2D eigenvalue weighted by Crippen LogP contribution is -2.29. The van der Waals surface area contributed by atoms with E-state index in [2.05, 4.69) is 0 Å². The maximum Gasteiger partial charge on any atom is 0.210 e. The van der Waals surface area contributed by atoms with Crippen LogP contribution in [0.25, 0.3) is 0 Å². The maximum atomic E-state index is 10.7. The molecule has 4 nitrogen and oxygen atoms in total. The molecule has 0 aliphatic carbocycles. The Bertz CT molecular complexity index is 364. The molecule has 17 heavy (non-hydrogen) atoms. The van der Waals surface area contributed by atoms with Gasteiger partial charge in [-0.1, -0.05) is 30.3 Å². The van der Waals surface area contributed by atoms with Gasteiger partial charge in [0, 0.05) is 13.0 Å². The molecule has 0 radical (unpaired) electrons. The summed E-state index contributed by atoms with van der Waals surface area (Å²) in [6, 6.07) is 9.52. The normalized spacial score (nSPS) is 23.6. The fraction of sp³-hybridized carbons (Fsp3) is 0.385. The predicted molar refractivity (Wildman–Crippen MR) is 62.3 cm³/mol. The van der Waals surface area contributed by atoms with E-state index >= 15 is 0 Å². The number of ether oxygens (including phenoxy) is 1. The average molecular weight is 233 g/mol. The predicted octanol–water partition coefficient (Wildman–Crippen LogP) is 1.00. The van der Waals surface area contributed by atoms with Gasteiger partial charge in [-0.15, -0.1) is 0 Å². The van der Waals surface area contributed by atoms with Crippen molar-refractivity contribution < 1.29 is 14.3 Å². The van der Waals surface area contributed by atoms with Gasteiger partial charge in [-0.2, -0.15) is 0 Å². The molecule has 1 aliphatic rings. The van der Waals surface area contributed by atoms with Gasteiger partial charge in [0.15, 0.2) is 0 Å². The summed E-state index contributed by atoms with van der Waals surface area (Å²) < 4.78 is 5.69. The Kier molecular flexibility index (Phi) is 3.88. The lowest BCUT2D eigenvalue weighted by Gasteiger charge is -2.13. The highest BCUT2D eigenvalue weighted by molar-refractivity contribution is 5.65. The second kappa shape index (κ2) is 5.59. The second-order valence-electron chi connectivity index (χ2n) is 4.16. The van der Waals surface area contributed by atoms with Crippen LogP contribution >= 0.6 is 0 Å². The maximum absolute atomic E-state index is 10.7. The van der Waals surface area contributed by atoms with Gasteiger partial charge < -0.3 is 14.4 Å². The molecule has 2 atom stereocenters. The number of hydrogen-bond donors (Lipinski definition) is 0. The largest absolute Gasteiger partial charge is 0.372 e. The van der Waals surface area contributed by atoms with E-state index in [0.29, 0.717) is 26.0 Å². The van der Waals surface area contributed by atoms with Gasteiger partial charge >= 0.3 is 0 Å². The fourth-order valence-electron chi connectivity index (χ4n) is 2.01. The van der Waals surface area contributed by atoms with E-state index in [1.807, 2.05) is 30.3 Å². The van der Waals surface area contributed by atoms with Crippen LogP contribution in [0.2, 0.25) is 0 Å². The van der Waals surface area contributed by atoms with Gasteiger partial charge in [0.05, 0.1) is 18.8 Å². The molecule has 1 aromatic carbocycles. The minimum Gasteiger partial charge on any atom is -0.372 e. The number of carbonyl (C=O) groups is 2. The van der Waals surface area contributed by atoms with E-state index in [1.165, 1.54) is 4.90 Å². The topological polar surface area (TPSA) is 46.6 Å². The van der Waals surface area contributed by atoms with Crippen LogP contribution in [0, 0.1) is 0 Å². The number of nitrogens with zero attached hydrogens (tertiary/aromatic N) is 1. The zero-order chi connectivity index (χ0) is 12.1. The Labute approximate surface area is 100 Å². The summed E-state index contributed by atoms with van der Waals surface area (Å²) in [5.41, 5.74) is 1.10. The van der Waals surface area contributed by atoms with E-state index < -0.39 is 0 Å². The molecule has 1 aliphatic heterocycles. The van der Waals surface area contributed by atoms with Crippen molar-refractivity contribution in [2.24, 2.45) is 0 Å². The first-order valence-corrected chi connectivity index (χ1v) is 5.65. The third-order valence-corrected chi connectivity index (χ3v) is 2.97. The van der Waals surface area contributed by atoms with Crippen molar-refractivity contribution in [3.63, 3.8) is 0 Å². The van der Waals surface area contributed by atoms with Crippen molar-refractivity contribution in [2.75, 3.05) is 6.54 Å². The summed E-state index contributed by atoms with van der Waals surface area (Å²) in [5.74, 6) is 0. The third kappa shape index (κ3) is 2.91. The Hall–Kier alpha value is -1.68. The standard InChI is InChI=1S/C13H15NO3/c15-8-12-6-13(7-14(12)10-16)17-9-11-4-2-1-3-5-11/h1-5,8,10,12-13H,6-7,9H2/t12-,13+/m0/s1. The molecule has 0 saturated carbocycles. The van der Waals surface area contributed by atoms with Crippen LogP contribution in [-0.2, 0) is 20.9 Å². The van der Waals surface area contributed by atoms with Crippen LogP contribution in [0.5, 0.6) is 0 Å². The van der Waals surface area contributed by atoms with Crippen LogP contribution in [-0.4, -0.2) is 36.3 Å². The van der Waals surface area contributed by atoms with E-state index in [1.54, 1.807) is 0 Å². The molecule has 1 aromatic rings. The monoisotopic (exact) mass is 233 g/mol.